The fraction of sp³-hybridized carbons (Fsp3) is 0.550. The van der Waals surface area contributed by atoms with E-state index in [1.54, 1.807) is 18.5 Å². The summed E-state index contributed by atoms with van der Waals surface area (Å²) in [4.78, 5) is 6.60. The van der Waals surface area contributed by atoms with Gasteiger partial charge in [0.1, 0.15) is 6.10 Å². The van der Waals surface area contributed by atoms with E-state index in [2.05, 4.69) is 9.88 Å². The minimum Gasteiger partial charge on any atom is -0.487 e. The molecular formula is C20H26ClFN2O. The lowest BCUT2D eigenvalue weighted by Crippen LogP contribution is -2.40. The van der Waals surface area contributed by atoms with Crippen LogP contribution in [0.15, 0.2) is 30.6 Å². The molecular weight excluding hydrogens is 339 g/mol. The molecule has 0 radical (unpaired) electrons. The SMILES string of the molecule is Cl.Fc1cc2cnccc2cc1OC1CCN(CC2CCCC2)CC1. The molecule has 0 spiro atoms. The number of halogens is 2. The first-order valence-corrected chi connectivity index (χ1v) is 9.20. The van der Waals surface area contributed by atoms with Crippen LogP contribution in [0.3, 0.4) is 0 Å². The van der Waals surface area contributed by atoms with E-state index in [0.717, 1.165) is 42.6 Å². The number of hydrogen-bond donors (Lipinski definition) is 0. The van der Waals surface area contributed by atoms with Gasteiger partial charge in [0.25, 0.3) is 0 Å². The van der Waals surface area contributed by atoms with Gasteiger partial charge in [-0.3, -0.25) is 4.98 Å². The Bertz CT molecular complexity index is 697. The van der Waals surface area contributed by atoms with Gasteiger partial charge < -0.3 is 9.64 Å². The van der Waals surface area contributed by atoms with E-state index in [4.69, 9.17) is 4.74 Å². The molecule has 1 aliphatic carbocycles. The first kappa shape index (κ1) is 18.4. The van der Waals surface area contributed by atoms with Crippen molar-refractivity contribution >= 4 is 23.2 Å². The van der Waals surface area contributed by atoms with Crippen LogP contribution in [0.4, 0.5) is 4.39 Å². The van der Waals surface area contributed by atoms with Gasteiger partial charge in [0.2, 0.25) is 0 Å². The molecule has 1 aliphatic heterocycles. The van der Waals surface area contributed by atoms with Crippen molar-refractivity contribution in [2.45, 2.75) is 44.6 Å². The molecule has 2 aliphatic rings. The fourth-order valence-electron chi connectivity index (χ4n) is 4.12. The largest absolute Gasteiger partial charge is 0.487 e. The molecule has 2 heterocycles. The van der Waals surface area contributed by atoms with Gasteiger partial charge in [0.05, 0.1) is 0 Å². The Morgan fingerprint density at radius 2 is 1.84 bits per heavy atom. The second-order valence-corrected chi connectivity index (χ2v) is 7.27. The summed E-state index contributed by atoms with van der Waals surface area (Å²) in [6, 6.07) is 5.22. The van der Waals surface area contributed by atoms with Crippen LogP contribution in [-0.2, 0) is 0 Å². The zero-order valence-corrected chi connectivity index (χ0v) is 15.3. The van der Waals surface area contributed by atoms with Crippen molar-refractivity contribution in [2.24, 2.45) is 5.92 Å². The van der Waals surface area contributed by atoms with Gasteiger partial charge in [-0.1, -0.05) is 12.8 Å². The maximum absolute atomic E-state index is 14.3. The topological polar surface area (TPSA) is 25.4 Å². The smallest absolute Gasteiger partial charge is 0.165 e. The van der Waals surface area contributed by atoms with Crippen LogP contribution in [-0.4, -0.2) is 35.6 Å². The fourth-order valence-corrected chi connectivity index (χ4v) is 4.12. The number of nitrogens with zero attached hydrogens (tertiary/aromatic N) is 2. The molecule has 2 fully saturated rings. The highest BCUT2D eigenvalue weighted by atomic mass is 35.5. The second-order valence-electron chi connectivity index (χ2n) is 7.27. The van der Waals surface area contributed by atoms with Gasteiger partial charge in [0, 0.05) is 37.4 Å². The van der Waals surface area contributed by atoms with Crippen molar-refractivity contribution in [3.8, 4) is 5.75 Å². The molecule has 2 aromatic rings. The minimum absolute atomic E-state index is 0. The van der Waals surface area contributed by atoms with E-state index in [1.165, 1.54) is 38.3 Å². The first-order chi connectivity index (χ1) is 11.8. The van der Waals surface area contributed by atoms with Crippen molar-refractivity contribution in [1.82, 2.24) is 9.88 Å². The number of benzene rings is 1. The van der Waals surface area contributed by atoms with E-state index in [9.17, 15) is 4.39 Å². The quantitative estimate of drug-likeness (QED) is 0.777. The van der Waals surface area contributed by atoms with E-state index >= 15 is 0 Å². The molecule has 25 heavy (non-hydrogen) atoms. The summed E-state index contributed by atoms with van der Waals surface area (Å²) in [7, 11) is 0. The average molecular weight is 365 g/mol. The van der Waals surface area contributed by atoms with Crippen LogP contribution >= 0.6 is 12.4 Å². The predicted molar refractivity (Wildman–Crippen MR) is 101 cm³/mol. The number of fused-ring (bicyclic) bond motifs is 1. The predicted octanol–water partition coefficient (Wildman–Crippen LogP) is 4.83. The van der Waals surface area contributed by atoms with Gasteiger partial charge in [0.15, 0.2) is 11.6 Å². The summed E-state index contributed by atoms with van der Waals surface area (Å²) in [5.41, 5.74) is 0. The van der Waals surface area contributed by atoms with Crippen LogP contribution in [0, 0.1) is 11.7 Å². The van der Waals surface area contributed by atoms with Crippen LogP contribution in [0.1, 0.15) is 38.5 Å². The number of piperidine rings is 1. The molecule has 1 saturated heterocycles. The summed E-state index contributed by atoms with van der Waals surface area (Å²) in [5.74, 6) is 0.987. The summed E-state index contributed by atoms with van der Waals surface area (Å²) < 4.78 is 20.2. The maximum Gasteiger partial charge on any atom is 0.165 e. The highest BCUT2D eigenvalue weighted by Crippen LogP contribution is 2.29. The molecule has 0 unspecified atom stereocenters. The Kier molecular flexibility index (Phi) is 6.13. The summed E-state index contributed by atoms with van der Waals surface area (Å²) in [6.07, 6.45) is 11.1. The summed E-state index contributed by atoms with van der Waals surface area (Å²) in [5, 5.41) is 1.79. The van der Waals surface area contributed by atoms with Gasteiger partial charge in [-0.05, 0) is 55.2 Å². The molecule has 1 aromatic heterocycles. The van der Waals surface area contributed by atoms with Crippen molar-refractivity contribution in [1.29, 1.82) is 0 Å². The maximum atomic E-state index is 14.3. The molecule has 0 N–H and O–H groups in total. The summed E-state index contributed by atoms with van der Waals surface area (Å²) in [6.45, 7) is 3.38. The van der Waals surface area contributed by atoms with Gasteiger partial charge in [-0.25, -0.2) is 4.39 Å². The lowest BCUT2D eigenvalue weighted by Gasteiger charge is -2.33. The molecule has 0 atom stereocenters. The zero-order valence-electron chi connectivity index (χ0n) is 14.5. The lowest BCUT2D eigenvalue weighted by atomic mass is 10.0. The highest BCUT2D eigenvalue weighted by molar-refractivity contribution is 5.85. The average Bonchev–Trinajstić information content (AvgIpc) is 3.10. The van der Waals surface area contributed by atoms with Crippen LogP contribution in [0.5, 0.6) is 5.75 Å². The number of pyridine rings is 1. The lowest BCUT2D eigenvalue weighted by molar-refractivity contribution is 0.0888. The normalized spacial score (nSPS) is 19.9. The van der Waals surface area contributed by atoms with Gasteiger partial charge >= 0.3 is 0 Å². The van der Waals surface area contributed by atoms with Crippen molar-refractivity contribution in [3.63, 3.8) is 0 Å². The molecule has 0 bridgehead atoms. The number of likely N-dealkylation sites (tertiary alicyclic amines) is 1. The third-order valence-corrected chi connectivity index (χ3v) is 5.51. The first-order valence-electron chi connectivity index (χ1n) is 9.20. The van der Waals surface area contributed by atoms with E-state index < -0.39 is 0 Å². The van der Waals surface area contributed by atoms with Gasteiger partial charge in [-0.2, -0.15) is 0 Å². The Morgan fingerprint density at radius 3 is 2.60 bits per heavy atom. The second kappa shape index (κ2) is 8.33. The number of hydrogen-bond acceptors (Lipinski definition) is 3. The third-order valence-electron chi connectivity index (χ3n) is 5.51. The molecule has 1 saturated carbocycles. The summed E-state index contributed by atoms with van der Waals surface area (Å²) >= 11 is 0. The van der Waals surface area contributed by atoms with Crippen molar-refractivity contribution < 1.29 is 9.13 Å². The molecule has 5 heteroatoms. The monoisotopic (exact) mass is 364 g/mol. The Morgan fingerprint density at radius 1 is 1.08 bits per heavy atom. The standard InChI is InChI=1S/C20H25FN2O.ClH/c21-19-11-17-13-22-8-5-16(17)12-20(19)24-18-6-9-23(10-7-18)14-15-3-1-2-4-15;/h5,8,11-13,15,18H,1-4,6-7,9-10,14H2;1H. The van der Waals surface area contributed by atoms with E-state index in [1.807, 2.05) is 6.07 Å². The van der Waals surface area contributed by atoms with Gasteiger partial charge in [-0.15, -0.1) is 12.4 Å². The van der Waals surface area contributed by atoms with Crippen LogP contribution in [0.2, 0.25) is 0 Å². The molecule has 3 nitrogen and oxygen atoms in total. The van der Waals surface area contributed by atoms with Crippen LogP contribution in [0.25, 0.3) is 10.8 Å². The number of aromatic nitrogens is 1. The third kappa shape index (κ3) is 4.42. The Hall–Kier alpha value is -1.39. The van der Waals surface area contributed by atoms with E-state index in [-0.39, 0.29) is 24.3 Å². The number of ether oxygens (including phenoxy) is 1. The molecule has 0 amide bonds. The van der Waals surface area contributed by atoms with Crippen LogP contribution < -0.4 is 4.74 Å². The van der Waals surface area contributed by atoms with E-state index in [0.29, 0.717) is 5.75 Å². The molecule has 4 rings (SSSR count). The minimum atomic E-state index is -0.288. The molecule has 1 aromatic carbocycles. The molecule has 136 valence electrons. The Labute approximate surface area is 155 Å². The van der Waals surface area contributed by atoms with Crippen molar-refractivity contribution in [2.75, 3.05) is 19.6 Å². The zero-order chi connectivity index (χ0) is 16.4. The Balaban J connectivity index is 0.00000182. The number of rotatable bonds is 4. The van der Waals surface area contributed by atoms with Crippen molar-refractivity contribution in [3.05, 3.63) is 36.4 Å². The highest BCUT2D eigenvalue weighted by Gasteiger charge is 2.24.